The van der Waals surface area contributed by atoms with Crippen LogP contribution in [0.25, 0.3) is 0 Å². The number of carbonyl (C=O) groups excluding carboxylic acids is 3. The van der Waals surface area contributed by atoms with E-state index in [1.54, 1.807) is 30.3 Å². The number of methoxy groups -OCH3 is 1. The van der Waals surface area contributed by atoms with E-state index in [4.69, 9.17) is 11.6 Å². The van der Waals surface area contributed by atoms with Crippen LogP contribution in [0.15, 0.2) is 30.3 Å². The Bertz CT molecular complexity index is 617. The highest BCUT2D eigenvalue weighted by atomic mass is 35.5. The van der Waals surface area contributed by atoms with Gasteiger partial charge >= 0.3 is 5.97 Å². The van der Waals surface area contributed by atoms with Crippen molar-refractivity contribution in [1.82, 2.24) is 0 Å². The number of esters is 1. The second-order valence-corrected chi connectivity index (χ2v) is 5.74. The predicted molar refractivity (Wildman–Crippen MR) is 71.2 cm³/mol. The molecule has 20 heavy (non-hydrogen) atoms. The van der Waals surface area contributed by atoms with Gasteiger partial charge in [0.15, 0.2) is 4.87 Å². The number of alkyl halides is 1. The number of ether oxygens (including phenoxy) is 1. The second-order valence-electron chi connectivity index (χ2n) is 5.10. The van der Waals surface area contributed by atoms with Crippen molar-refractivity contribution in [3.63, 3.8) is 0 Å². The van der Waals surface area contributed by atoms with Crippen LogP contribution >= 0.6 is 11.6 Å². The number of anilines is 1. The van der Waals surface area contributed by atoms with Crippen LogP contribution in [0.2, 0.25) is 0 Å². The molecule has 1 aromatic rings. The Hall–Kier alpha value is -1.88. The molecule has 1 aromatic carbocycles. The van der Waals surface area contributed by atoms with E-state index >= 15 is 0 Å². The van der Waals surface area contributed by atoms with Gasteiger partial charge in [0.25, 0.3) is 0 Å². The zero-order valence-corrected chi connectivity index (χ0v) is 11.5. The molecule has 2 amide bonds. The average Bonchev–Trinajstić information content (AvgIpc) is 2.97. The van der Waals surface area contributed by atoms with E-state index in [2.05, 4.69) is 4.74 Å². The van der Waals surface area contributed by atoms with E-state index in [0.717, 1.165) is 4.90 Å². The van der Waals surface area contributed by atoms with Crippen LogP contribution in [0.5, 0.6) is 0 Å². The summed E-state index contributed by atoms with van der Waals surface area (Å²) in [6, 6.07) is 8.61. The molecule has 5 nitrogen and oxygen atoms in total. The first kappa shape index (κ1) is 13.1. The van der Waals surface area contributed by atoms with Crippen molar-refractivity contribution in [3.8, 4) is 0 Å². The molecule has 1 aliphatic carbocycles. The molecule has 104 valence electrons. The summed E-state index contributed by atoms with van der Waals surface area (Å²) in [5.74, 6) is -1.42. The Labute approximate surface area is 120 Å². The number of hydrogen-bond donors (Lipinski definition) is 0. The molecule has 3 rings (SSSR count). The van der Waals surface area contributed by atoms with Crippen LogP contribution in [0, 0.1) is 5.41 Å². The zero-order chi connectivity index (χ0) is 14.5. The van der Waals surface area contributed by atoms with Crippen LogP contribution in [0.4, 0.5) is 5.69 Å². The summed E-state index contributed by atoms with van der Waals surface area (Å²) in [4.78, 5) is 36.1. The number of imide groups is 1. The lowest BCUT2D eigenvalue weighted by atomic mass is 10.0. The number of amides is 2. The highest BCUT2D eigenvalue weighted by Gasteiger charge is 2.80. The van der Waals surface area contributed by atoms with Gasteiger partial charge in [-0.05, 0) is 18.6 Å². The third kappa shape index (κ3) is 1.47. The highest BCUT2D eigenvalue weighted by Crippen LogP contribution is 2.67. The van der Waals surface area contributed by atoms with Crippen molar-refractivity contribution < 1.29 is 19.1 Å². The second kappa shape index (κ2) is 4.06. The lowest BCUT2D eigenvalue weighted by Crippen LogP contribution is -2.35. The fourth-order valence-electron chi connectivity index (χ4n) is 2.83. The molecule has 0 aromatic heterocycles. The van der Waals surface area contributed by atoms with Crippen molar-refractivity contribution in [3.05, 3.63) is 30.3 Å². The van der Waals surface area contributed by atoms with Crippen molar-refractivity contribution in [2.45, 2.75) is 17.7 Å². The Morgan fingerprint density at radius 3 is 2.55 bits per heavy atom. The van der Waals surface area contributed by atoms with Crippen LogP contribution in [0.1, 0.15) is 12.8 Å². The molecule has 1 heterocycles. The molecule has 2 fully saturated rings. The van der Waals surface area contributed by atoms with Crippen molar-refractivity contribution in [2.75, 3.05) is 12.0 Å². The Kier molecular flexibility index (Phi) is 2.66. The van der Waals surface area contributed by atoms with Gasteiger partial charge in [-0.25, -0.2) is 4.90 Å². The van der Waals surface area contributed by atoms with Gasteiger partial charge in [-0.15, -0.1) is 11.6 Å². The van der Waals surface area contributed by atoms with Gasteiger partial charge in [0.1, 0.15) is 0 Å². The average molecular weight is 294 g/mol. The molecular weight excluding hydrogens is 282 g/mol. The van der Waals surface area contributed by atoms with Gasteiger partial charge in [0.05, 0.1) is 18.2 Å². The summed E-state index contributed by atoms with van der Waals surface area (Å²) in [6.07, 6.45) is 0.0848. The van der Waals surface area contributed by atoms with E-state index in [1.807, 2.05) is 0 Å². The summed E-state index contributed by atoms with van der Waals surface area (Å²) in [5.41, 5.74) is -0.649. The van der Waals surface area contributed by atoms with Crippen molar-refractivity contribution in [1.29, 1.82) is 0 Å². The third-order valence-electron chi connectivity index (χ3n) is 4.02. The van der Waals surface area contributed by atoms with Crippen LogP contribution in [-0.2, 0) is 19.1 Å². The number of rotatable bonds is 2. The Balaban J connectivity index is 1.96. The number of nitrogens with zero attached hydrogens (tertiary/aromatic N) is 1. The maximum Gasteiger partial charge on any atom is 0.328 e. The summed E-state index contributed by atoms with van der Waals surface area (Å²) >= 11 is 6.20. The molecule has 0 bridgehead atoms. The molecule has 2 atom stereocenters. The molecule has 2 aliphatic rings. The fourth-order valence-corrected chi connectivity index (χ4v) is 3.28. The molecule has 1 saturated carbocycles. The first-order valence-electron chi connectivity index (χ1n) is 6.16. The molecule has 6 heteroatoms. The highest BCUT2D eigenvalue weighted by molar-refractivity contribution is 6.43. The minimum Gasteiger partial charge on any atom is -0.468 e. The predicted octanol–water partition coefficient (Wildman–Crippen LogP) is 1.49. The quantitative estimate of drug-likeness (QED) is 0.471. The Morgan fingerprint density at radius 2 is 1.95 bits per heavy atom. The van der Waals surface area contributed by atoms with Gasteiger partial charge in [-0.1, -0.05) is 18.2 Å². The lowest BCUT2D eigenvalue weighted by Gasteiger charge is -2.16. The van der Waals surface area contributed by atoms with Gasteiger partial charge in [0.2, 0.25) is 11.8 Å². The van der Waals surface area contributed by atoms with Gasteiger partial charge in [0, 0.05) is 6.42 Å². The van der Waals surface area contributed by atoms with Crippen molar-refractivity contribution in [2.24, 2.45) is 5.41 Å². The van der Waals surface area contributed by atoms with Crippen molar-refractivity contribution >= 4 is 35.1 Å². The maximum atomic E-state index is 12.5. The normalized spacial score (nSPS) is 31.8. The molecule has 0 N–H and O–H groups in total. The SMILES string of the molecule is COC(=O)[C@]1(Cl)C[C@]12CC(=O)N(c1ccccc1)C2=O. The number of benzene rings is 1. The van der Waals surface area contributed by atoms with E-state index < -0.39 is 22.2 Å². The standard InChI is InChI=1S/C14H12ClNO4/c1-20-12(19)14(15)8-13(14)7-10(17)16(11(13)18)9-5-3-2-4-6-9/h2-6H,7-8H2,1H3/t13-,14+/m0/s1. The lowest BCUT2D eigenvalue weighted by molar-refractivity contribution is -0.143. The largest absolute Gasteiger partial charge is 0.468 e. The molecule has 0 radical (unpaired) electrons. The smallest absolute Gasteiger partial charge is 0.328 e. The molecular formula is C14H12ClNO4. The Morgan fingerprint density at radius 1 is 1.30 bits per heavy atom. The third-order valence-corrected chi connectivity index (χ3v) is 4.67. The minimum atomic E-state index is -1.40. The summed E-state index contributed by atoms with van der Waals surface area (Å²) in [6.45, 7) is 0. The van der Waals surface area contributed by atoms with E-state index in [1.165, 1.54) is 7.11 Å². The van der Waals surface area contributed by atoms with Crippen LogP contribution < -0.4 is 4.90 Å². The number of hydrogen-bond acceptors (Lipinski definition) is 4. The van der Waals surface area contributed by atoms with Gasteiger partial charge in [-0.3, -0.25) is 14.4 Å². The first-order valence-corrected chi connectivity index (χ1v) is 6.54. The molecule has 1 spiro atoms. The first-order chi connectivity index (χ1) is 9.46. The van der Waals surface area contributed by atoms with Gasteiger partial charge in [-0.2, -0.15) is 0 Å². The van der Waals surface area contributed by atoms with Gasteiger partial charge < -0.3 is 4.74 Å². The molecule has 1 aliphatic heterocycles. The summed E-state index contributed by atoms with van der Waals surface area (Å²) in [7, 11) is 1.22. The van der Waals surface area contributed by atoms with Crippen LogP contribution in [-0.4, -0.2) is 29.8 Å². The maximum absolute atomic E-state index is 12.5. The number of para-hydroxylation sites is 1. The fraction of sp³-hybridized carbons (Fsp3) is 0.357. The topological polar surface area (TPSA) is 63.7 Å². The monoisotopic (exact) mass is 293 g/mol. The number of halogens is 1. The zero-order valence-electron chi connectivity index (χ0n) is 10.8. The van der Waals surface area contributed by atoms with E-state index in [0.29, 0.717) is 5.69 Å². The summed E-state index contributed by atoms with van der Waals surface area (Å²) in [5, 5.41) is 0. The van der Waals surface area contributed by atoms with E-state index in [-0.39, 0.29) is 18.7 Å². The van der Waals surface area contributed by atoms with E-state index in [9.17, 15) is 14.4 Å². The molecule has 1 saturated heterocycles. The number of carbonyl (C=O) groups is 3. The minimum absolute atomic E-state index is 0.0562. The molecule has 0 unspecified atom stereocenters. The summed E-state index contributed by atoms with van der Waals surface area (Å²) < 4.78 is 4.64. The van der Waals surface area contributed by atoms with Crippen LogP contribution in [0.3, 0.4) is 0 Å².